The van der Waals surface area contributed by atoms with Gasteiger partial charge in [-0.2, -0.15) is 0 Å². The van der Waals surface area contributed by atoms with E-state index in [9.17, 15) is 14.4 Å². The lowest BCUT2D eigenvalue weighted by molar-refractivity contribution is -0.219. The third-order valence-corrected chi connectivity index (χ3v) is 4.78. The maximum atomic E-state index is 12.4. The molecule has 2 saturated heterocycles. The summed E-state index contributed by atoms with van der Waals surface area (Å²) in [6.07, 6.45) is 0.464. The van der Waals surface area contributed by atoms with Crippen molar-refractivity contribution in [3.8, 4) is 0 Å². The van der Waals surface area contributed by atoms with E-state index in [1.54, 1.807) is 16.7 Å². The minimum absolute atomic E-state index is 0.0414. The van der Waals surface area contributed by atoms with Gasteiger partial charge >= 0.3 is 11.9 Å². The molecule has 2 heterocycles. The molecule has 0 radical (unpaired) electrons. The average molecular weight is 301 g/mol. The molecular weight excluding hydrogens is 282 g/mol. The molecule has 20 heavy (non-hydrogen) atoms. The first kappa shape index (κ1) is 15.2. The van der Waals surface area contributed by atoms with Crippen LogP contribution in [0.3, 0.4) is 0 Å². The summed E-state index contributed by atoms with van der Waals surface area (Å²) in [7, 11) is 0. The predicted molar refractivity (Wildman–Crippen MR) is 72.6 cm³/mol. The Kier molecular flexibility index (Phi) is 3.52. The zero-order chi connectivity index (χ0) is 15.3. The average Bonchev–Trinajstić information content (AvgIpc) is 2.42. The molecule has 0 unspecified atom stereocenters. The zero-order valence-corrected chi connectivity index (χ0v) is 13.1. The van der Waals surface area contributed by atoms with Crippen LogP contribution in [-0.2, 0) is 23.9 Å². The van der Waals surface area contributed by atoms with Gasteiger partial charge in [0.15, 0.2) is 0 Å². The maximum absolute atomic E-state index is 12.4. The maximum Gasteiger partial charge on any atom is 0.333 e. The standard InChI is InChI=1S/C13H19NO5S/c1-7(15)18-13(4,5)19-11(17)10-12(2,3)20-9-6-8(16)14(9)10/h9-10H,6H2,1-5H3/t9-,10+/m1/s1. The first-order chi connectivity index (χ1) is 9.03. The topological polar surface area (TPSA) is 72.9 Å². The number of carbonyl (C=O) groups is 3. The Morgan fingerprint density at radius 2 is 1.95 bits per heavy atom. The van der Waals surface area contributed by atoms with E-state index in [0.717, 1.165) is 0 Å². The SMILES string of the molecule is CC(=O)OC(C)(C)OC(=O)[C@@H]1N2C(=O)C[C@H]2SC1(C)C. The third kappa shape index (κ3) is 2.63. The lowest BCUT2D eigenvalue weighted by Gasteiger charge is -2.38. The van der Waals surface area contributed by atoms with Crippen molar-refractivity contribution >= 4 is 29.6 Å². The van der Waals surface area contributed by atoms with Crippen molar-refractivity contribution in [1.82, 2.24) is 4.90 Å². The molecule has 1 amide bonds. The van der Waals surface area contributed by atoms with E-state index in [-0.39, 0.29) is 11.3 Å². The Bertz CT molecular complexity index is 473. The molecule has 112 valence electrons. The number of rotatable bonds is 3. The quantitative estimate of drug-likeness (QED) is 0.444. The molecule has 2 aliphatic heterocycles. The fraction of sp³-hybridized carbons (Fsp3) is 0.769. The van der Waals surface area contributed by atoms with Crippen LogP contribution in [0.15, 0.2) is 0 Å². The summed E-state index contributed by atoms with van der Waals surface area (Å²) in [5.41, 5.74) is 0. The van der Waals surface area contributed by atoms with Gasteiger partial charge < -0.3 is 14.4 Å². The lowest BCUT2D eigenvalue weighted by Crippen LogP contribution is -2.58. The largest absolute Gasteiger partial charge is 0.423 e. The number of ether oxygens (including phenoxy) is 2. The summed E-state index contributed by atoms with van der Waals surface area (Å²) in [6, 6.07) is -0.645. The highest BCUT2D eigenvalue weighted by atomic mass is 32.2. The van der Waals surface area contributed by atoms with Gasteiger partial charge in [0.2, 0.25) is 5.91 Å². The second-order valence-corrected chi connectivity index (χ2v) is 7.83. The zero-order valence-electron chi connectivity index (χ0n) is 12.3. The number of thioether (sulfide) groups is 1. The van der Waals surface area contributed by atoms with Crippen LogP contribution in [0.25, 0.3) is 0 Å². The smallest absolute Gasteiger partial charge is 0.333 e. The summed E-state index contributed by atoms with van der Waals surface area (Å²) in [4.78, 5) is 36.6. The van der Waals surface area contributed by atoms with Crippen LogP contribution in [0.5, 0.6) is 0 Å². The molecule has 0 bridgehead atoms. The first-order valence-corrected chi connectivity index (χ1v) is 7.33. The molecule has 0 N–H and O–H groups in total. The second kappa shape index (κ2) is 4.65. The molecule has 0 aromatic heterocycles. The number of amides is 1. The van der Waals surface area contributed by atoms with Gasteiger partial charge in [-0.25, -0.2) is 4.79 Å². The molecule has 0 saturated carbocycles. The summed E-state index contributed by atoms with van der Waals surface area (Å²) in [5.74, 6) is -2.44. The Balaban J connectivity index is 2.12. The number of esters is 2. The van der Waals surface area contributed by atoms with Gasteiger partial charge in [0.1, 0.15) is 6.04 Å². The fourth-order valence-electron chi connectivity index (χ4n) is 2.62. The number of fused-ring (bicyclic) bond motifs is 1. The highest BCUT2D eigenvalue weighted by Gasteiger charge is 2.59. The van der Waals surface area contributed by atoms with Crippen LogP contribution in [0.1, 0.15) is 41.0 Å². The van der Waals surface area contributed by atoms with Crippen molar-refractivity contribution in [3.63, 3.8) is 0 Å². The molecule has 2 rings (SSSR count). The Morgan fingerprint density at radius 3 is 2.45 bits per heavy atom. The Labute approximate surface area is 122 Å². The van der Waals surface area contributed by atoms with Crippen LogP contribution < -0.4 is 0 Å². The van der Waals surface area contributed by atoms with E-state index in [0.29, 0.717) is 6.42 Å². The normalized spacial score (nSPS) is 27.6. The Hall–Kier alpha value is -1.24. The van der Waals surface area contributed by atoms with E-state index < -0.39 is 28.5 Å². The molecule has 2 atom stereocenters. The molecule has 0 aromatic rings. The first-order valence-electron chi connectivity index (χ1n) is 6.45. The summed E-state index contributed by atoms with van der Waals surface area (Å²) < 4.78 is 9.81. The minimum Gasteiger partial charge on any atom is -0.423 e. The predicted octanol–water partition coefficient (Wildman–Crippen LogP) is 1.28. The van der Waals surface area contributed by atoms with Crippen LogP contribution in [0.4, 0.5) is 0 Å². The number of carbonyl (C=O) groups excluding carboxylic acids is 3. The number of hydrogen-bond donors (Lipinski definition) is 0. The van der Waals surface area contributed by atoms with Crippen molar-refractivity contribution in [3.05, 3.63) is 0 Å². The van der Waals surface area contributed by atoms with Crippen molar-refractivity contribution in [2.45, 2.75) is 63.0 Å². The summed E-state index contributed by atoms with van der Waals surface area (Å²) in [6.45, 7) is 8.07. The monoisotopic (exact) mass is 301 g/mol. The van der Waals surface area contributed by atoms with E-state index in [1.165, 1.54) is 20.8 Å². The molecule has 2 aliphatic rings. The molecule has 7 heteroatoms. The van der Waals surface area contributed by atoms with Crippen molar-refractivity contribution in [2.75, 3.05) is 0 Å². The molecule has 0 spiro atoms. The van der Waals surface area contributed by atoms with Crippen molar-refractivity contribution in [1.29, 1.82) is 0 Å². The van der Waals surface area contributed by atoms with Gasteiger partial charge in [-0.15, -0.1) is 11.8 Å². The van der Waals surface area contributed by atoms with Gasteiger partial charge in [-0.1, -0.05) is 0 Å². The highest BCUT2D eigenvalue weighted by molar-refractivity contribution is 8.01. The molecular formula is C13H19NO5S. The lowest BCUT2D eigenvalue weighted by atomic mass is 9.98. The van der Waals surface area contributed by atoms with Crippen LogP contribution in [0.2, 0.25) is 0 Å². The van der Waals surface area contributed by atoms with E-state index in [1.807, 2.05) is 13.8 Å². The van der Waals surface area contributed by atoms with Gasteiger partial charge in [0.25, 0.3) is 5.79 Å². The van der Waals surface area contributed by atoms with E-state index in [2.05, 4.69) is 0 Å². The minimum atomic E-state index is -1.34. The highest BCUT2D eigenvalue weighted by Crippen LogP contribution is 2.51. The molecule has 0 aromatic carbocycles. The van der Waals surface area contributed by atoms with Gasteiger partial charge in [0.05, 0.1) is 11.8 Å². The van der Waals surface area contributed by atoms with Crippen molar-refractivity contribution < 1.29 is 23.9 Å². The summed E-state index contributed by atoms with van der Waals surface area (Å²) in [5, 5.41) is 0.0480. The molecule has 2 fully saturated rings. The molecule has 0 aliphatic carbocycles. The number of hydrogen-bond acceptors (Lipinski definition) is 6. The molecule has 6 nitrogen and oxygen atoms in total. The van der Waals surface area contributed by atoms with Crippen LogP contribution in [0, 0.1) is 0 Å². The number of nitrogens with zero attached hydrogens (tertiary/aromatic N) is 1. The van der Waals surface area contributed by atoms with E-state index >= 15 is 0 Å². The van der Waals surface area contributed by atoms with Gasteiger partial charge in [-0.05, 0) is 13.8 Å². The second-order valence-electron chi connectivity index (χ2n) is 6.00. The van der Waals surface area contributed by atoms with Crippen LogP contribution in [-0.4, -0.2) is 44.7 Å². The fourth-order valence-corrected chi connectivity index (χ4v) is 4.24. The van der Waals surface area contributed by atoms with Crippen LogP contribution >= 0.6 is 11.8 Å². The van der Waals surface area contributed by atoms with Gasteiger partial charge in [-0.3, -0.25) is 9.59 Å². The summed E-state index contributed by atoms with van der Waals surface area (Å²) >= 11 is 1.59. The number of β-lactam (4-membered cyclic amide) rings is 1. The van der Waals surface area contributed by atoms with Gasteiger partial charge in [0, 0.05) is 25.5 Å². The Morgan fingerprint density at radius 1 is 1.35 bits per heavy atom. The van der Waals surface area contributed by atoms with E-state index in [4.69, 9.17) is 9.47 Å². The van der Waals surface area contributed by atoms with Crippen molar-refractivity contribution in [2.24, 2.45) is 0 Å². The third-order valence-electron chi connectivity index (χ3n) is 3.28.